The normalized spacial score (nSPS) is 21.1. The van der Waals surface area contributed by atoms with E-state index < -0.39 is 0 Å². The average Bonchev–Trinajstić information content (AvgIpc) is 2.47. The second-order valence-electron chi connectivity index (χ2n) is 5.00. The van der Waals surface area contributed by atoms with Gasteiger partial charge in [0, 0.05) is 12.6 Å². The molecule has 2 heterocycles. The van der Waals surface area contributed by atoms with E-state index in [0.717, 1.165) is 31.0 Å². The van der Waals surface area contributed by atoms with Crippen molar-refractivity contribution in [3.05, 3.63) is 24.0 Å². The molecule has 1 aliphatic heterocycles. The number of pyridine rings is 1. The predicted octanol–water partition coefficient (Wildman–Crippen LogP) is 2.70. The molecule has 1 aliphatic rings. The van der Waals surface area contributed by atoms with Crippen molar-refractivity contribution in [1.82, 2.24) is 10.3 Å². The Bertz CT molecular complexity index is 361. The molecule has 4 nitrogen and oxygen atoms in total. The molecule has 2 rings (SSSR count). The number of hydrogen-bond acceptors (Lipinski definition) is 4. The predicted molar refractivity (Wildman–Crippen MR) is 75.4 cm³/mol. The standard InChI is InChI=1S/C15H24N2O2/c1-3-16-12(2)15-8-7-13(10-17-15)19-11-14-6-4-5-9-18-14/h7-8,10,12,14,16H,3-6,9,11H2,1-2H3. The number of rotatable bonds is 6. The number of nitrogens with one attached hydrogen (secondary N) is 1. The highest BCUT2D eigenvalue weighted by molar-refractivity contribution is 5.21. The van der Waals surface area contributed by atoms with Gasteiger partial charge in [0.15, 0.2) is 0 Å². The van der Waals surface area contributed by atoms with E-state index in [2.05, 4.69) is 24.1 Å². The highest BCUT2D eigenvalue weighted by Crippen LogP contribution is 2.17. The molecular formula is C15H24N2O2. The average molecular weight is 264 g/mol. The van der Waals surface area contributed by atoms with Gasteiger partial charge in [-0.1, -0.05) is 6.92 Å². The van der Waals surface area contributed by atoms with Crippen LogP contribution >= 0.6 is 0 Å². The molecule has 0 bridgehead atoms. The fourth-order valence-electron chi connectivity index (χ4n) is 2.27. The van der Waals surface area contributed by atoms with E-state index in [4.69, 9.17) is 9.47 Å². The summed E-state index contributed by atoms with van der Waals surface area (Å²) >= 11 is 0. The van der Waals surface area contributed by atoms with Crippen molar-refractivity contribution in [2.24, 2.45) is 0 Å². The van der Waals surface area contributed by atoms with Crippen LogP contribution in [-0.2, 0) is 4.74 Å². The van der Waals surface area contributed by atoms with Gasteiger partial charge in [0.1, 0.15) is 12.4 Å². The summed E-state index contributed by atoms with van der Waals surface area (Å²) in [5, 5.41) is 3.34. The van der Waals surface area contributed by atoms with Crippen LogP contribution in [0.25, 0.3) is 0 Å². The summed E-state index contributed by atoms with van der Waals surface area (Å²) < 4.78 is 11.4. The molecule has 1 saturated heterocycles. The molecule has 0 radical (unpaired) electrons. The molecule has 106 valence electrons. The molecule has 1 fully saturated rings. The van der Waals surface area contributed by atoms with E-state index in [1.807, 2.05) is 12.1 Å². The third-order valence-corrected chi connectivity index (χ3v) is 3.42. The van der Waals surface area contributed by atoms with Crippen LogP contribution in [0.5, 0.6) is 5.75 Å². The Morgan fingerprint density at radius 1 is 1.47 bits per heavy atom. The van der Waals surface area contributed by atoms with Crippen LogP contribution in [0.15, 0.2) is 18.3 Å². The van der Waals surface area contributed by atoms with Crippen LogP contribution in [-0.4, -0.2) is 30.8 Å². The molecular weight excluding hydrogens is 240 g/mol. The van der Waals surface area contributed by atoms with Crippen molar-refractivity contribution in [3.8, 4) is 5.75 Å². The van der Waals surface area contributed by atoms with Crippen molar-refractivity contribution in [2.75, 3.05) is 19.8 Å². The zero-order chi connectivity index (χ0) is 13.5. The molecule has 1 aromatic heterocycles. The summed E-state index contributed by atoms with van der Waals surface area (Å²) in [7, 11) is 0. The summed E-state index contributed by atoms with van der Waals surface area (Å²) in [5.41, 5.74) is 1.04. The van der Waals surface area contributed by atoms with Gasteiger partial charge in [-0.05, 0) is 44.9 Å². The minimum absolute atomic E-state index is 0.245. The fourth-order valence-corrected chi connectivity index (χ4v) is 2.27. The molecule has 4 heteroatoms. The lowest BCUT2D eigenvalue weighted by Crippen LogP contribution is -2.25. The lowest BCUT2D eigenvalue weighted by Gasteiger charge is -2.22. The van der Waals surface area contributed by atoms with Crippen LogP contribution < -0.4 is 10.1 Å². The Labute approximate surface area is 115 Å². The molecule has 0 amide bonds. The summed E-state index contributed by atoms with van der Waals surface area (Å²) in [6.45, 7) is 6.65. The Kier molecular flexibility index (Phi) is 5.61. The van der Waals surface area contributed by atoms with Crippen molar-refractivity contribution < 1.29 is 9.47 Å². The van der Waals surface area contributed by atoms with E-state index in [1.165, 1.54) is 12.8 Å². The van der Waals surface area contributed by atoms with Gasteiger partial charge in [0.25, 0.3) is 0 Å². The fraction of sp³-hybridized carbons (Fsp3) is 0.667. The Morgan fingerprint density at radius 3 is 3.00 bits per heavy atom. The largest absolute Gasteiger partial charge is 0.489 e. The third kappa shape index (κ3) is 4.48. The van der Waals surface area contributed by atoms with Gasteiger partial charge in [-0.15, -0.1) is 0 Å². The molecule has 0 aromatic carbocycles. The monoisotopic (exact) mass is 264 g/mol. The first kappa shape index (κ1) is 14.3. The molecule has 0 spiro atoms. The zero-order valence-corrected chi connectivity index (χ0v) is 11.9. The Morgan fingerprint density at radius 2 is 2.37 bits per heavy atom. The minimum Gasteiger partial charge on any atom is -0.489 e. The van der Waals surface area contributed by atoms with E-state index >= 15 is 0 Å². The highest BCUT2D eigenvalue weighted by atomic mass is 16.5. The van der Waals surface area contributed by atoms with E-state index in [9.17, 15) is 0 Å². The summed E-state index contributed by atoms with van der Waals surface area (Å²) in [5.74, 6) is 0.821. The van der Waals surface area contributed by atoms with Crippen molar-refractivity contribution in [3.63, 3.8) is 0 Å². The second-order valence-corrected chi connectivity index (χ2v) is 5.00. The van der Waals surface area contributed by atoms with Gasteiger partial charge in [-0.25, -0.2) is 0 Å². The van der Waals surface area contributed by atoms with Crippen LogP contribution in [0.3, 0.4) is 0 Å². The first-order valence-corrected chi connectivity index (χ1v) is 7.23. The van der Waals surface area contributed by atoms with E-state index in [1.54, 1.807) is 6.20 Å². The van der Waals surface area contributed by atoms with Crippen LogP contribution in [0.2, 0.25) is 0 Å². The third-order valence-electron chi connectivity index (χ3n) is 3.42. The molecule has 2 unspecified atom stereocenters. The lowest BCUT2D eigenvalue weighted by atomic mass is 10.1. The number of nitrogens with zero attached hydrogens (tertiary/aromatic N) is 1. The quantitative estimate of drug-likeness (QED) is 0.858. The molecule has 2 atom stereocenters. The van der Waals surface area contributed by atoms with Crippen molar-refractivity contribution in [2.45, 2.75) is 45.3 Å². The smallest absolute Gasteiger partial charge is 0.137 e. The van der Waals surface area contributed by atoms with E-state index in [0.29, 0.717) is 6.61 Å². The van der Waals surface area contributed by atoms with Crippen molar-refractivity contribution in [1.29, 1.82) is 0 Å². The van der Waals surface area contributed by atoms with Gasteiger partial charge in [-0.3, -0.25) is 4.98 Å². The number of hydrogen-bond donors (Lipinski definition) is 1. The highest BCUT2D eigenvalue weighted by Gasteiger charge is 2.14. The second kappa shape index (κ2) is 7.46. The Hall–Kier alpha value is -1.13. The first-order chi connectivity index (χ1) is 9.29. The number of ether oxygens (including phenoxy) is 2. The summed E-state index contributed by atoms with van der Waals surface area (Å²) in [4.78, 5) is 4.43. The molecule has 1 aromatic rings. The molecule has 0 saturated carbocycles. The van der Waals surface area contributed by atoms with Crippen LogP contribution in [0.4, 0.5) is 0 Å². The summed E-state index contributed by atoms with van der Waals surface area (Å²) in [6, 6.07) is 4.28. The minimum atomic E-state index is 0.245. The van der Waals surface area contributed by atoms with E-state index in [-0.39, 0.29) is 12.1 Å². The molecule has 0 aliphatic carbocycles. The first-order valence-electron chi connectivity index (χ1n) is 7.23. The molecule has 1 N–H and O–H groups in total. The molecule has 19 heavy (non-hydrogen) atoms. The van der Waals surface area contributed by atoms with Gasteiger partial charge in [0.05, 0.1) is 18.0 Å². The maximum Gasteiger partial charge on any atom is 0.137 e. The zero-order valence-electron chi connectivity index (χ0n) is 11.9. The topological polar surface area (TPSA) is 43.4 Å². The van der Waals surface area contributed by atoms with Gasteiger partial charge < -0.3 is 14.8 Å². The summed E-state index contributed by atoms with van der Waals surface area (Å²) in [6.07, 6.45) is 5.56. The van der Waals surface area contributed by atoms with Gasteiger partial charge >= 0.3 is 0 Å². The maximum absolute atomic E-state index is 5.73. The maximum atomic E-state index is 5.73. The lowest BCUT2D eigenvalue weighted by molar-refractivity contribution is -0.0111. The number of aromatic nitrogens is 1. The SMILES string of the molecule is CCNC(C)c1ccc(OCC2CCCCO2)cn1. The van der Waals surface area contributed by atoms with Crippen molar-refractivity contribution >= 4 is 0 Å². The van der Waals surface area contributed by atoms with Crippen LogP contribution in [0, 0.1) is 0 Å². The van der Waals surface area contributed by atoms with Crippen LogP contribution in [0.1, 0.15) is 44.8 Å². The van der Waals surface area contributed by atoms with Gasteiger partial charge in [0.2, 0.25) is 0 Å². The van der Waals surface area contributed by atoms with Gasteiger partial charge in [-0.2, -0.15) is 0 Å². The Balaban J connectivity index is 1.81.